The molecule has 1 aliphatic rings. The number of aromatic hydroxyl groups is 1. The molecule has 6 nitrogen and oxygen atoms in total. The van der Waals surface area contributed by atoms with Crippen molar-refractivity contribution in [2.45, 2.75) is 5.92 Å². The van der Waals surface area contributed by atoms with Crippen LogP contribution in [0.5, 0.6) is 17.2 Å². The average molecular weight is 432 g/mol. The number of nitrogens with two attached hydrogens (primary N) is 1. The summed E-state index contributed by atoms with van der Waals surface area (Å²) in [5, 5.41) is 20.8. The highest BCUT2D eigenvalue weighted by molar-refractivity contribution is 6.30. The van der Waals surface area contributed by atoms with Gasteiger partial charge in [-0.05, 0) is 48.0 Å². The summed E-state index contributed by atoms with van der Waals surface area (Å²) in [5.74, 6) is 0.598. The highest BCUT2D eigenvalue weighted by atomic mass is 35.5. The van der Waals surface area contributed by atoms with Crippen LogP contribution in [0, 0.1) is 11.3 Å². The van der Waals surface area contributed by atoms with E-state index in [1.165, 1.54) is 6.07 Å². The average Bonchev–Trinajstić information content (AvgIpc) is 2.77. The number of nitrogens with zero attached hydrogens (tertiary/aromatic N) is 2. The standard InChI is InChI=1S/C24H18ClN3O3/c1-30-18-7-5-17(6-8-18)28-13-15-10-19-22(11-21(15)29)31-24(27)20(12-26)23(19)14-3-2-4-16(25)9-14/h2-11,13,23,29H,27H2,1H3/t23-/m0/s1. The molecule has 0 bridgehead atoms. The molecule has 1 atom stereocenters. The molecule has 0 fully saturated rings. The number of hydrogen-bond acceptors (Lipinski definition) is 6. The number of allylic oxidation sites excluding steroid dienone is 1. The summed E-state index contributed by atoms with van der Waals surface area (Å²) in [6.07, 6.45) is 1.56. The molecule has 0 saturated heterocycles. The number of methoxy groups -OCH3 is 1. The number of aliphatic imine (C=N–C) groups is 1. The molecule has 1 aliphatic heterocycles. The lowest BCUT2D eigenvalue weighted by molar-refractivity contribution is 0.388. The number of phenols is 1. The van der Waals surface area contributed by atoms with Crippen LogP contribution < -0.4 is 15.2 Å². The Morgan fingerprint density at radius 2 is 1.97 bits per heavy atom. The Labute approximate surface area is 184 Å². The molecular formula is C24H18ClN3O3. The van der Waals surface area contributed by atoms with E-state index in [2.05, 4.69) is 11.1 Å². The lowest BCUT2D eigenvalue weighted by Crippen LogP contribution is -2.21. The van der Waals surface area contributed by atoms with Crippen molar-refractivity contribution >= 4 is 23.5 Å². The number of rotatable bonds is 4. The van der Waals surface area contributed by atoms with E-state index in [9.17, 15) is 10.4 Å². The van der Waals surface area contributed by atoms with E-state index in [-0.39, 0.29) is 17.2 Å². The van der Waals surface area contributed by atoms with E-state index in [0.29, 0.717) is 27.6 Å². The van der Waals surface area contributed by atoms with E-state index >= 15 is 0 Å². The number of ether oxygens (including phenoxy) is 2. The van der Waals surface area contributed by atoms with Gasteiger partial charge in [-0.1, -0.05) is 23.7 Å². The van der Waals surface area contributed by atoms with Gasteiger partial charge < -0.3 is 20.3 Å². The second-order valence-electron chi connectivity index (χ2n) is 6.88. The van der Waals surface area contributed by atoms with Crippen molar-refractivity contribution in [2.75, 3.05) is 7.11 Å². The molecule has 3 N–H and O–H groups in total. The molecule has 7 heteroatoms. The third-order valence-corrected chi connectivity index (χ3v) is 5.21. The number of halogens is 1. The minimum atomic E-state index is -0.485. The zero-order valence-corrected chi connectivity index (χ0v) is 17.3. The third-order valence-electron chi connectivity index (χ3n) is 4.97. The minimum Gasteiger partial charge on any atom is -0.507 e. The molecule has 154 valence electrons. The second-order valence-corrected chi connectivity index (χ2v) is 7.32. The van der Waals surface area contributed by atoms with Crippen LogP contribution in [0.25, 0.3) is 0 Å². The summed E-state index contributed by atoms with van der Waals surface area (Å²) < 4.78 is 10.8. The van der Waals surface area contributed by atoms with Crippen LogP contribution in [0.2, 0.25) is 5.02 Å². The molecule has 31 heavy (non-hydrogen) atoms. The first-order valence-electron chi connectivity index (χ1n) is 9.38. The Kier molecular flexibility index (Phi) is 5.52. The number of phenolic OH excluding ortho intramolecular Hbond substituents is 1. The van der Waals surface area contributed by atoms with Gasteiger partial charge in [0, 0.05) is 28.4 Å². The van der Waals surface area contributed by atoms with E-state index in [1.54, 1.807) is 55.8 Å². The van der Waals surface area contributed by atoms with E-state index in [1.807, 2.05) is 12.1 Å². The third kappa shape index (κ3) is 4.04. The van der Waals surface area contributed by atoms with Crippen LogP contribution in [-0.2, 0) is 0 Å². The Bertz CT molecular complexity index is 1240. The predicted octanol–water partition coefficient (Wildman–Crippen LogP) is 5.02. The van der Waals surface area contributed by atoms with Gasteiger partial charge >= 0.3 is 0 Å². The smallest absolute Gasteiger partial charge is 0.205 e. The molecule has 3 aromatic carbocycles. The zero-order valence-electron chi connectivity index (χ0n) is 16.5. The first-order valence-corrected chi connectivity index (χ1v) is 9.76. The summed E-state index contributed by atoms with van der Waals surface area (Å²) >= 11 is 6.18. The topological polar surface area (TPSA) is 101 Å². The minimum absolute atomic E-state index is 0.000902. The van der Waals surface area contributed by atoms with Gasteiger partial charge in [0.05, 0.1) is 18.7 Å². The second kappa shape index (κ2) is 8.42. The summed E-state index contributed by atoms with van der Waals surface area (Å²) in [4.78, 5) is 4.42. The maximum absolute atomic E-state index is 10.5. The van der Waals surface area contributed by atoms with Gasteiger partial charge in [0.15, 0.2) is 0 Å². The molecule has 1 heterocycles. The molecule has 0 unspecified atom stereocenters. The van der Waals surface area contributed by atoms with Crippen LogP contribution in [0.1, 0.15) is 22.6 Å². The molecule has 0 amide bonds. The number of hydrogen-bond donors (Lipinski definition) is 2. The van der Waals surface area contributed by atoms with Crippen molar-refractivity contribution in [1.29, 1.82) is 5.26 Å². The number of benzene rings is 3. The number of nitriles is 1. The Hall–Kier alpha value is -3.95. The fourth-order valence-electron chi connectivity index (χ4n) is 3.46. The molecular weight excluding hydrogens is 414 g/mol. The van der Waals surface area contributed by atoms with Gasteiger partial charge in [-0.25, -0.2) is 0 Å². The number of fused-ring (bicyclic) bond motifs is 1. The van der Waals surface area contributed by atoms with Crippen LogP contribution in [0.4, 0.5) is 5.69 Å². The highest BCUT2D eigenvalue weighted by Gasteiger charge is 2.31. The molecule has 3 aromatic rings. The normalized spacial score (nSPS) is 15.3. The van der Waals surface area contributed by atoms with Crippen molar-refractivity contribution in [2.24, 2.45) is 10.7 Å². The van der Waals surface area contributed by atoms with Gasteiger partial charge in [-0.2, -0.15) is 5.26 Å². The molecule has 0 spiro atoms. The van der Waals surface area contributed by atoms with Crippen molar-refractivity contribution in [3.8, 4) is 23.3 Å². The van der Waals surface area contributed by atoms with Crippen molar-refractivity contribution in [3.05, 3.63) is 93.8 Å². The Morgan fingerprint density at radius 3 is 2.65 bits per heavy atom. The van der Waals surface area contributed by atoms with E-state index in [0.717, 1.165) is 11.3 Å². The molecule has 4 rings (SSSR count). The molecule has 0 aliphatic carbocycles. The maximum atomic E-state index is 10.5. The Balaban J connectivity index is 1.79. The fraction of sp³-hybridized carbons (Fsp3) is 0.0833. The SMILES string of the molecule is COc1ccc(N=Cc2cc3c(cc2O)OC(N)=C(C#N)[C@H]3c2cccc(Cl)c2)cc1. The molecule has 0 aromatic heterocycles. The van der Waals surface area contributed by atoms with Crippen LogP contribution >= 0.6 is 11.6 Å². The molecule has 0 saturated carbocycles. The van der Waals surface area contributed by atoms with Gasteiger partial charge in [0.1, 0.15) is 28.9 Å². The first kappa shape index (κ1) is 20.3. The van der Waals surface area contributed by atoms with E-state index < -0.39 is 5.92 Å². The van der Waals surface area contributed by atoms with Crippen molar-refractivity contribution < 1.29 is 14.6 Å². The lowest BCUT2D eigenvalue weighted by Gasteiger charge is -2.27. The van der Waals surface area contributed by atoms with Crippen molar-refractivity contribution in [3.63, 3.8) is 0 Å². The largest absolute Gasteiger partial charge is 0.507 e. The van der Waals surface area contributed by atoms with Gasteiger partial charge in [-0.15, -0.1) is 0 Å². The van der Waals surface area contributed by atoms with Crippen LogP contribution in [0.3, 0.4) is 0 Å². The Morgan fingerprint density at radius 1 is 1.19 bits per heavy atom. The summed E-state index contributed by atoms with van der Waals surface area (Å²) in [7, 11) is 1.60. The van der Waals surface area contributed by atoms with Crippen LogP contribution in [0.15, 0.2) is 77.1 Å². The highest BCUT2D eigenvalue weighted by Crippen LogP contribution is 2.44. The summed E-state index contributed by atoms with van der Waals surface area (Å²) in [6, 6.07) is 19.8. The maximum Gasteiger partial charge on any atom is 0.205 e. The summed E-state index contributed by atoms with van der Waals surface area (Å²) in [6.45, 7) is 0. The lowest BCUT2D eigenvalue weighted by atomic mass is 9.83. The molecule has 0 radical (unpaired) electrons. The van der Waals surface area contributed by atoms with Gasteiger partial charge in [0.25, 0.3) is 0 Å². The fourth-order valence-corrected chi connectivity index (χ4v) is 3.66. The van der Waals surface area contributed by atoms with Gasteiger partial charge in [-0.3, -0.25) is 4.99 Å². The van der Waals surface area contributed by atoms with E-state index in [4.69, 9.17) is 26.8 Å². The quantitative estimate of drug-likeness (QED) is 0.564. The van der Waals surface area contributed by atoms with Gasteiger partial charge in [0.2, 0.25) is 5.88 Å². The van der Waals surface area contributed by atoms with Crippen LogP contribution in [-0.4, -0.2) is 18.4 Å². The monoisotopic (exact) mass is 431 g/mol. The first-order chi connectivity index (χ1) is 15.0. The predicted molar refractivity (Wildman–Crippen MR) is 119 cm³/mol. The zero-order chi connectivity index (χ0) is 22.0. The van der Waals surface area contributed by atoms with Crippen molar-refractivity contribution in [1.82, 2.24) is 0 Å². The summed E-state index contributed by atoms with van der Waals surface area (Å²) in [5.41, 5.74) is 8.92.